The maximum absolute atomic E-state index is 12.6. The minimum absolute atomic E-state index is 0.233. The summed E-state index contributed by atoms with van der Waals surface area (Å²) in [6.45, 7) is 3.58. The largest absolute Gasteiger partial charge is 0.393 e. The zero-order valence-electron chi connectivity index (χ0n) is 12.1. The van der Waals surface area contributed by atoms with Crippen molar-refractivity contribution in [1.82, 2.24) is 10.3 Å². The van der Waals surface area contributed by atoms with E-state index in [1.807, 2.05) is 0 Å². The van der Waals surface area contributed by atoms with Crippen molar-refractivity contribution in [1.29, 1.82) is 5.26 Å². The van der Waals surface area contributed by atoms with Crippen LogP contribution >= 0.6 is 11.3 Å². The van der Waals surface area contributed by atoms with Crippen LogP contribution < -0.4 is 10.2 Å². The van der Waals surface area contributed by atoms with Gasteiger partial charge in [-0.15, -0.1) is 11.3 Å². The second-order valence-electron chi connectivity index (χ2n) is 6.32. The number of anilines is 1. The number of fused-ring (bicyclic) bond motifs is 1. The molecular formula is C15H13F3N4S. The third-order valence-corrected chi connectivity index (χ3v) is 5.49. The van der Waals surface area contributed by atoms with Gasteiger partial charge in [-0.05, 0) is 6.07 Å². The fourth-order valence-electron chi connectivity index (χ4n) is 3.36. The molecular weight excluding hydrogens is 325 g/mol. The van der Waals surface area contributed by atoms with Crippen LogP contribution in [0, 0.1) is 16.7 Å². The van der Waals surface area contributed by atoms with Gasteiger partial charge in [0.25, 0.3) is 0 Å². The normalized spacial score (nSPS) is 19.5. The minimum Gasteiger partial charge on any atom is -0.368 e. The smallest absolute Gasteiger partial charge is 0.368 e. The van der Waals surface area contributed by atoms with E-state index in [4.69, 9.17) is 0 Å². The number of alkyl halides is 3. The van der Waals surface area contributed by atoms with Crippen molar-refractivity contribution in [3.63, 3.8) is 0 Å². The first-order valence-corrected chi connectivity index (χ1v) is 8.05. The summed E-state index contributed by atoms with van der Waals surface area (Å²) < 4.78 is 37.9. The summed E-state index contributed by atoms with van der Waals surface area (Å²) in [6, 6.07) is 3.66. The van der Waals surface area contributed by atoms with Gasteiger partial charge in [0.1, 0.15) is 10.9 Å². The van der Waals surface area contributed by atoms with Gasteiger partial charge in [0.15, 0.2) is 0 Å². The average Bonchev–Trinajstić information content (AvgIpc) is 2.75. The first kappa shape index (κ1) is 14.7. The number of hydrogen-bond donors (Lipinski definition) is 1. The fraction of sp³-hybridized carbons (Fsp3) is 0.467. The predicted molar refractivity (Wildman–Crippen MR) is 81.6 cm³/mol. The molecule has 4 heterocycles. The van der Waals surface area contributed by atoms with Crippen molar-refractivity contribution in [2.45, 2.75) is 12.6 Å². The summed E-state index contributed by atoms with van der Waals surface area (Å²) in [6.07, 6.45) is -3.73. The van der Waals surface area contributed by atoms with Gasteiger partial charge in [0, 0.05) is 48.1 Å². The third kappa shape index (κ3) is 2.44. The molecule has 4 rings (SSSR count). The van der Waals surface area contributed by atoms with E-state index in [0.717, 1.165) is 43.2 Å². The van der Waals surface area contributed by atoms with Crippen LogP contribution in [-0.2, 0) is 6.42 Å². The molecule has 1 N–H and O–H groups in total. The molecule has 2 aromatic heterocycles. The zero-order valence-corrected chi connectivity index (χ0v) is 12.9. The molecule has 0 aromatic carbocycles. The standard InChI is InChI=1S/C15H13F3N4S/c16-15(17,18)2-10-1-11-12(9(3-19)4-21-13(11)23-10)22-7-14(8-22)5-20-6-14/h1,4,20H,2,5-8H2. The number of thiophene rings is 1. The topological polar surface area (TPSA) is 52.0 Å². The molecule has 120 valence electrons. The van der Waals surface area contributed by atoms with E-state index in [2.05, 4.69) is 21.3 Å². The molecule has 0 amide bonds. The molecule has 2 aliphatic heterocycles. The van der Waals surface area contributed by atoms with E-state index in [1.165, 1.54) is 6.20 Å². The number of aromatic nitrogens is 1. The lowest BCUT2D eigenvalue weighted by atomic mass is 9.74. The highest BCUT2D eigenvalue weighted by Gasteiger charge is 2.48. The Kier molecular flexibility index (Phi) is 3.09. The molecule has 2 aromatic rings. The molecule has 1 spiro atoms. The van der Waals surface area contributed by atoms with Crippen LogP contribution in [0.2, 0.25) is 0 Å². The number of nitrogens with zero attached hydrogens (tertiary/aromatic N) is 3. The monoisotopic (exact) mass is 338 g/mol. The van der Waals surface area contributed by atoms with E-state index in [-0.39, 0.29) is 10.3 Å². The summed E-state index contributed by atoms with van der Waals surface area (Å²) in [5.74, 6) is 0. The van der Waals surface area contributed by atoms with E-state index in [1.54, 1.807) is 6.07 Å². The molecule has 8 heteroatoms. The van der Waals surface area contributed by atoms with Crippen LogP contribution in [0.25, 0.3) is 10.2 Å². The van der Waals surface area contributed by atoms with Gasteiger partial charge < -0.3 is 10.2 Å². The van der Waals surface area contributed by atoms with Crippen LogP contribution in [0.4, 0.5) is 18.9 Å². The molecule has 0 unspecified atom stereocenters. The first-order chi connectivity index (χ1) is 10.9. The Hall–Kier alpha value is -1.85. The van der Waals surface area contributed by atoms with Crippen molar-refractivity contribution < 1.29 is 13.2 Å². The van der Waals surface area contributed by atoms with Crippen LogP contribution in [0.15, 0.2) is 12.3 Å². The number of hydrogen-bond acceptors (Lipinski definition) is 5. The Morgan fingerprint density at radius 2 is 2.13 bits per heavy atom. The van der Waals surface area contributed by atoms with Crippen molar-refractivity contribution in [3.8, 4) is 6.07 Å². The fourth-order valence-corrected chi connectivity index (χ4v) is 4.39. The molecule has 0 atom stereocenters. The van der Waals surface area contributed by atoms with Crippen LogP contribution in [0.3, 0.4) is 0 Å². The summed E-state index contributed by atoms with van der Waals surface area (Å²) in [7, 11) is 0. The molecule has 23 heavy (non-hydrogen) atoms. The SMILES string of the molecule is N#Cc1cnc2sc(CC(F)(F)F)cc2c1N1CC2(CNC2)C1. The molecule has 0 saturated carbocycles. The Bertz CT molecular complexity index is 808. The second-order valence-corrected chi connectivity index (χ2v) is 7.43. The van der Waals surface area contributed by atoms with Gasteiger partial charge in [-0.3, -0.25) is 0 Å². The van der Waals surface area contributed by atoms with E-state index in [9.17, 15) is 18.4 Å². The number of pyridine rings is 1. The van der Waals surface area contributed by atoms with E-state index < -0.39 is 12.6 Å². The lowest BCUT2D eigenvalue weighted by Crippen LogP contribution is -2.71. The number of nitriles is 1. The highest BCUT2D eigenvalue weighted by Crippen LogP contribution is 2.43. The second kappa shape index (κ2) is 4.82. The predicted octanol–water partition coefficient (Wildman–Crippen LogP) is 2.68. The van der Waals surface area contributed by atoms with Crippen LogP contribution in [0.5, 0.6) is 0 Å². The summed E-state index contributed by atoms with van der Waals surface area (Å²) in [5, 5.41) is 13.2. The minimum atomic E-state index is -4.24. The van der Waals surface area contributed by atoms with Crippen molar-refractivity contribution in [3.05, 3.63) is 22.7 Å². The molecule has 4 nitrogen and oxygen atoms in total. The van der Waals surface area contributed by atoms with Crippen molar-refractivity contribution >= 4 is 27.2 Å². The molecule has 0 aliphatic carbocycles. The van der Waals surface area contributed by atoms with Crippen molar-refractivity contribution in [2.75, 3.05) is 31.1 Å². The Balaban J connectivity index is 1.73. The highest BCUT2D eigenvalue weighted by molar-refractivity contribution is 7.18. The lowest BCUT2D eigenvalue weighted by Gasteiger charge is -2.57. The van der Waals surface area contributed by atoms with Crippen molar-refractivity contribution in [2.24, 2.45) is 5.41 Å². The van der Waals surface area contributed by atoms with E-state index in [0.29, 0.717) is 15.8 Å². The maximum Gasteiger partial charge on any atom is 0.393 e. The van der Waals surface area contributed by atoms with Gasteiger partial charge in [-0.2, -0.15) is 18.4 Å². The highest BCUT2D eigenvalue weighted by atomic mass is 32.1. The quantitative estimate of drug-likeness (QED) is 0.915. The summed E-state index contributed by atoms with van der Waals surface area (Å²) in [4.78, 5) is 7.05. The zero-order chi connectivity index (χ0) is 16.2. The van der Waals surface area contributed by atoms with Gasteiger partial charge in [-0.1, -0.05) is 0 Å². The first-order valence-electron chi connectivity index (χ1n) is 7.23. The average molecular weight is 338 g/mol. The molecule has 0 radical (unpaired) electrons. The Labute approximate surface area is 134 Å². The van der Waals surface area contributed by atoms with Gasteiger partial charge in [0.2, 0.25) is 0 Å². The Morgan fingerprint density at radius 1 is 1.39 bits per heavy atom. The Morgan fingerprint density at radius 3 is 2.70 bits per heavy atom. The van der Waals surface area contributed by atoms with Gasteiger partial charge in [0.05, 0.1) is 17.7 Å². The molecule has 2 aliphatic rings. The van der Waals surface area contributed by atoms with Crippen LogP contribution in [-0.4, -0.2) is 37.3 Å². The number of halogens is 3. The maximum atomic E-state index is 12.6. The molecule has 0 bridgehead atoms. The number of nitrogens with one attached hydrogen (secondary N) is 1. The van der Waals surface area contributed by atoms with Crippen LogP contribution in [0.1, 0.15) is 10.4 Å². The third-order valence-electron chi connectivity index (χ3n) is 4.45. The lowest BCUT2D eigenvalue weighted by molar-refractivity contribution is -0.126. The number of rotatable bonds is 2. The molecule has 2 saturated heterocycles. The summed E-state index contributed by atoms with van der Waals surface area (Å²) >= 11 is 1.05. The summed E-state index contributed by atoms with van der Waals surface area (Å²) in [5.41, 5.74) is 1.43. The van der Waals surface area contributed by atoms with Gasteiger partial charge in [-0.25, -0.2) is 4.98 Å². The molecule has 2 fully saturated rings. The van der Waals surface area contributed by atoms with Gasteiger partial charge >= 0.3 is 6.18 Å². The van der Waals surface area contributed by atoms with E-state index >= 15 is 0 Å².